The van der Waals surface area contributed by atoms with E-state index in [1.807, 2.05) is 23.9 Å². The Balaban J connectivity index is 1.23. The van der Waals surface area contributed by atoms with Crippen molar-refractivity contribution in [3.8, 4) is 5.75 Å². The monoisotopic (exact) mass is 416 g/mol. The van der Waals surface area contributed by atoms with Crippen molar-refractivity contribution in [1.82, 2.24) is 5.32 Å². The lowest BCUT2D eigenvalue weighted by molar-refractivity contribution is -0.161. The summed E-state index contributed by atoms with van der Waals surface area (Å²) >= 11 is 1.85. The van der Waals surface area contributed by atoms with Crippen LogP contribution in [0.4, 0.5) is 0 Å². The summed E-state index contributed by atoms with van der Waals surface area (Å²) in [5.74, 6) is 4.04. The molecule has 0 spiro atoms. The third-order valence-electron chi connectivity index (χ3n) is 7.71. The Morgan fingerprint density at radius 1 is 1.21 bits per heavy atom. The normalized spacial score (nSPS) is 37.5. The SMILES string of the molecule is COc1ccc(CSCCNC(=O)CC2C3(C)CC4CC(C)(C3)CC2(N)C4)cc1. The number of benzene rings is 1. The molecule has 0 aliphatic heterocycles. The van der Waals surface area contributed by atoms with Crippen molar-refractivity contribution < 1.29 is 9.53 Å². The third kappa shape index (κ3) is 4.32. The molecule has 4 bridgehead atoms. The minimum Gasteiger partial charge on any atom is -0.497 e. The summed E-state index contributed by atoms with van der Waals surface area (Å²) in [5, 5.41) is 3.15. The molecule has 5 rings (SSSR count). The summed E-state index contributed by atoms with van der Waals surface area (Å²) in [4.78, 5) is 12.7. The highest BCUT2D eigenvalue weighted by Gasteiger charge is 2.64. The summed E-state index contributed by atoms with van der Waals surface area (Å²) in [5.41, 5.74) is 8.73. The average Bonchev–Trinajstić information content (AvgIpc) is 2.63. The van der Waals surface area contributed by atoms with Crippen LogP contribution in [0.1, 0.15) is 57.9 Å². The average molecular weight is 417 g/mol. The van der Waals surface area contributed by atoms with E-state index >= 15 is 0 Å². The largest absolute Gasteiger partial charge is 0.497 e. The van der Waals surface area contributed by atoms with Crippen LogP contribution in [0.15, 0.2) is 24.3 Å². The third-order valence-corrected chi connectivity index (χ3v) is 8.74. The first-order valence-corrected chi connectivity index (χ1v) is 12.2. The maximum atomic E-state index is 12.7. The molecule has 0 heterocycles. The number of amides is 1. The summed E-state index contributed by atoms with van der Waals surface area (Å²) < 4.78 is 5.19. The van der Waals surface area contributed by atoms with Crippen LogP contribution in [-0.2, 0) is 10.5 Å². The zero-order valence-electron chi connectivity index (χ0n) is 18.1. The van der Waals surface area contributed by atoms with Gasteiger partial charge in [-0.25, -0.2) is 0 Å². The quantitative estimate of drug-likeness (QED) is 0.618. The second kappa shape index (κ2) is 7.81. The lowest BCUT2D eigenvalue weighted by atomic mass is 9.38. The zero-order valence-corrected chi connectivity index (χ0v) is 18.9. The molecule has 4 fully saturated rings. The Hall–Kier alpha value is -1.20. The van der Waals surface area contributed by atoms with Crippen LogP contribution < -0.4 is 15.8 Å². The molecule has 4 saturated carbocycles. The van der Waals surface area contributed by atoms with Gasteiger partial charge in [0.05, 0.1) is 7.11 Å². The fourth-order valence-electron chi connectivity index (χ4n) is 7.34. The Kier molecular flexibility index (Phi) is 5.67. The van der Waals surface area contributed by atoms with Crippen LogP contribution in [0.25, 0.3) is 0 Å². The molecule has 0 saturated heterocycles. The maximum absolute atomic E-state index is 12.7. The number of rotatable bonds is 8. The Morgan fingerprint density at radius 3 is 2.62 bits per heavy atom. The molecule has 4 nitrogen and oxygen atoms in total. The van der Waals surface area contributed by atoms with E-state index in [0.717, 1.165) is 42.6 Å². The number of hydrogen-bond acceptors (Lipinski definition) is 4. The molecule has 5 atom stereocenters. The number of methoxy groups -OCH3 is 1. The topological polar surface area (TPSA) is 64.3 Å². The van der Waals surface area contributed by atoms with E-state index in [1.165, 1.54) is 24.8 Å². The predicted molar refractivity (Wildman–Crippen MR) is 120 cm³/mol. The van der Waals surface area contributed by atoms with E-state index < -0.39 is 0 Å². The zero-order chi connectivity index (χ0) is 20.7. The molecule has 4 aliphatic rings. The van der Waals surface area contributed by atoms with Crippen LogP contribution in [0, 0.1) is 22.7 Å². The van der Waals surface area contributed by atoms with Gasteiger partial charge < -0.3 is 15.8 Å². The Labute approximate surface area is 179 Å². The molecule has 1 amide bonds. The Morgan fingerprint density at radius 2 is 1.97 bits per heavy atom. The van der Waals surface area contributed by atoms with Gasteiger partial charge in [0.2, 0.25) is 5.91 Å². The van der Waals surface area contributed by atoms with Gasteiger partial charge in [0, 0.05) is 30.0 Å². The number of hydrogen-bond donors (Lipinski definition) is 2. The first-order chi connectivity index (χ1) is 13.7. The van der Waals surface area contributed by atoms with E-state index in [2.05, 4.69) is 31.3 Å². The molecule has 1 aromatic carbocycles. The molecule has 5 heteroatoms. The summed E-state index contributed by atoms with van der Waals surface area (Å²) in [6.07, 6.45) is 6.66. The fraction of sp³-hybridized carbons (Fsp3) is 0.708. The highest BCUT2D eigenvalue weighted by molar-refractivity contribution is 7.98. The van der Waals surface area contributed by atoms with E-state index in [4.69, 9.17) is 10.5 Å². The number of carbonyl (C=O) groups excluding carboxylic acids is 1. The van der Waals surface area contributed by atoms with E-state index in [-0.39, 0.29) is 16.9 Å². The first kappa shape index (κ1) is 21.0. The number of thioether (sulfide) groups is 1. The molecule has 5 unspecified atom stereocenters. The number of carbonyl (C=O) groups is 1. The van der Waals surface area contributed by atoms with Gasteiger partial charge in [0.25, 0.3) is 0 Å². The molecule has 3 N–H and O–H groups in total. The molecule has 0 radical (unpaired) electrons. The highest BCUT2D eigenvalue weighted by Crippen LogP contribution is 2.68. The Bertz CT molecular complexity index is 730. The van der Waals surface area contributed by atoms with Crippen LogP contribution >= 0.6 is 11.8 Å². The molecule has 4 aliphatic carbocycles. The highest BCUT2D eigenvalue weighted by atomic mass is 32.2. The van der Waals surface area contributed by atoms with Crippen LogP contribution in [-0.4, -0.2) is 30.9 Å². The van der Waals surface area contributed by atoms with Crippen molar-refractivity contribution in [2.24, 2.45) is 28.4 Å². The fourth-order valence-corrected chi connectivity index (χ4v) is 8.16. The molecule has 29 heavy (non-hydrogen) atoms. The standard InChI is InChI=1S/C24H36N2O2S/c1-22-11-18-12-23(2,15-22)20(24(25,13-18)16-22)10-21(27)26-8-9-29-14-17-4-6-19(28-3)7-5-17/h4-7,18,20H,8-16,25H2,1-3H3,(H,26,27). The number of nitrogens with two attached hydrogens (primary N) is 1. The second-order valence-corrected chi connectivity index (χ2v) is 11.6. The smallest absolute Gasteiger partial charge is 0.220 e. The van der Waals surface area contributed by atoms with Gasteiger partial charge >= 0.3 is 0 Å². The van der Waals surface area contributed by atoms with Gasteiger partial charge in [0.15, 0.2) is 0 Å². The predicted octanol–water partition coefficient (Wildman–Crippen LogP) is 4.37. The minimum absolute atomic E-state index is 0.136. The summed E-state index contributed by atoms with van der Waals surface area (Å²) in [6.45, 7) is 5.55. The van der Waals surface area contributed by atoms with Gasteiger partial charge in [-0.1, -0.05) is 26.0 Å². The lowest BCUT2D eigenvalue weighted by Crippen LogP contribution is -2.68. The molecule has 1 aromatic rings. The van der Waals surface area contributed by atoms with Crippen molar-refractivity contribution in [3.05, 3.63) is 29.8 Å². The molecular formula is C24H36N2O2S. The van der Waals surface area contributed by atoms with Gasteiger partial charge in [-0.05, 0) is 72.5 Å². The van der Waals surface area contributed by atoms with Gasteiger partial charge in [-0.3, -0.25) is 4.79 Å². The van der Waals surface area contributed by atoms with Gasteiger partial charge in [0.1, 0.15) is 5.75 Å². The van der Waals surface area contributed by atoms with Crippen LogP contribution in [0.2, 0.25) is 0 Å². The van der Waals surface area contributed by atoms with Crippen molar-refractivity contribution >= 4 is 17.7 Å². The number of nitrogens with one attached hydrogen (secondary N) is 1. The van der Waals surface area contributed by atoms with E-state index in [1.54, 1.807) is 7.11 Å². The molecule has 160 valence electrons. The lowest BCUT2D eigenvalue weighted by Gasteiger charge is -2.68. The first-order valence-electron chi connectivity index (χ1n) is 11.0. The summed E-state index contributed by atoms with van der Waals surface area (Å²) in [7, 11) is 1.68. The number of ether oxygens (including phenoxy) is 1. The second-order valence-electron chi connectivity index (χ2n) is 10.5. The minimum atomic E-state index is -0.136. The van der Waals surface area contributed by atoms with E-state index in [9.17, 15) is 4.79 Å². The molecule has 0 aromatic heterocycles. The maximum Gasteiger partial charge on any atom is 0.220 e. The van der Waals surface area contributed by atoms with E-state index in [0.29, 0.717) is 17.8 Å². The van der Waals surface area contributed by atoms with Crippen molar-refractivity contribution in [1.29, 1.82) is 0 Å². The van der Waals surface area contributed by atoms with Crippen molar-refractivity contribution in [3.63, 3.8) is 0 Å². The molecular weight excluding hydrogens is 380 g/mol. The van der Waals surface area contributed by atoms with Crippen LogP contribution in [0.3, 0.4) is 0 Å². The van der Waals surface area contributed by atoms with Crippen LogP contribution in [0.5, 0.6) is 5.75 Å². The summed E-state index contributed by atoms with van der Waals surface area (Å²) in [6, 6.07) is 8.18. The van der Waals surface area contributed by atoms with Crippen molar-refractivity contribution in [2.45, 2.75) is 63.7 Å². The van der Waals surface area contributed by atoms with Gasteiger partial charge in [-0.2, -0.15) is 11.8 Å². The van der Waals surface area contributed by atoms with Gasteiger partial charge in [-0.15, -0.1) is 0 Å². The van der Waals surface area contributed by atoms with Crippen molar-refractivity contribution in [2.75, 3.05) is 19.4 Å².